The lowest BCUT2D eigenvalue weighted by molar-refractivity contribution is -0.384. The first kappa shape index (κ1) is 13.7. The number of non-ortho nitro benzene ring substituents is 1. The van der Waals surface area contributed by atoms with Gasteiger partial charge in [-0.25, -0.2) is 0 Å². The van der Waals surface area contributed by atoms with Gasteiger partial charge in [0.15, 0.2) is 0 Å². The first-order valence-electron chi connectivity index (χ1n) is 5.56. The Morgan fingerprint density at radius 2 is 1.94 bits per heavy atom. The molecule has 0 aromatic heterocycles. The lowest BCUT2D eigenvalue weighted by Crippen LogP contribution is -1.96. The van der Waals surface area contributed by atoms with Crippen molar-refractivity contribution in [2.24, 2.45) is 0 Å². The molecule has 0 atom stereocenters. The summed E-state index contributed by atoms with van der Waals surface area (Å²) in [5, 5.41) is 10.4. The van der Waals surface area contributed by atoms with Crippen LogP contribution in [0.1, 0.15) is 36.5 Å². The van der Waals surface area contributed by atoms with Crippen molar-refractivity contribution in [3.05, 3.63) is 39.9 Å². The van der Waals surface area contributed by atoms with Crippen LogP contribution in [0.3, 0.4) is 0 Å². The summed E-state index contributed by atoms with van der Waals surface area (Å²) in [5.74, 6) is 0.809. The molecule has 0 bridgehead atoms. The minimum absolute atomic E-state index is 0.0116. The van der Waals surface area contributed by atoms with E-state index in [2.05, 4.69) is 6.92 Å². The molecule has 0 aliphatic rings. The molecule has 0 aliphatic carbocycles. The number of carbonyl (C=O) groups excluding carboxylic acids is 1. The van der Waals surface area contributed by atoms with Gasteiger partial charge in [-0.2, -0.15) is 0 Å². The predicted molar refractivity (Wildman–Crippen MR) is 69.4 cm³/mol. The molecule has 17 heavy (non-hydrogen) atoms. The van der Waals surface area contributed by atoms with Crippen LogP contribution in [0.2, 0.25) is 0 Å². The zero-order chi connectivity index (χ0) is 12.7. The zero-order valence-electron chi connectivity index (χ0n) is 9.72. The molecule has 5 heteroatoms. The van der Waals surface area contributed by atoms with Crippen molar-refractivity contribution in [3.8, 4) is 0 Å². The second-order valence-corrected chi connectivity index (χ2v) is 4.71. The van der Waals surface area contributed by atoms with E-state index in [1.165, 1.54) is 36.0 Å². The summed E-state index contributed by atoms with van der Waals surface area (Å²) >= 11 is 1.27. The minimum atomic E-state index is -0.470. The SMILES string of the molecule is CCCCCSC(=O)c1ccc([N+](=O)[O-])cc1. The summed E-state index contributed by atoms with van der Waals surface area (Å²) in [4.78, 5) is 21.7. The fourth-order valence-corrected chi connectivity index (χ4v) is 2.16. The summed E-state index contributed by atoms with van der Waals surface area (Å²) in [6.45, 7) is 2.11. The average molecular weight is 253 g/mol. The van der Waals surface area contributed by atoms with Gasteiger partial charge in [0.1, 0.15) is 0 Å². The van der Waals surface area contributed by atoms with Crippen molar-refractivity contribution in [2.45, 2.75) is 26.2 Å². The molecule has 1 rings (SSSR count). The third kappa shape index (κ3) is 4.56. The molecule has 4 nitrogen and oxygen atoms in total. The lowest BCUT2D eigenvalue weighted by atomic mass is 10.2. The summed E-state index contributed by atoms with van der Waals surface area (Å²) in [6, 6.07) is 5.74. The maximum absolute atomic E-state index is 11.7. The van der Waals surface area contributed by atoms with E-state index in [9.17, 15) is 14.9 Å². The number of rotatable bonds is 6. The van der Waals surface area contributed by atoms with E-state index in [0.29, 0.717) is 5.56 Å². The molecule has 0 N–H and O–H groups in total. The van der Waals surface area contributed by atoms with Gasteiger partial charge in [-0.3, -0.25) is 14.9 Å². The van der Waals surface area contributed by atoms with Crippen molar-refractivity contribution in [1.82, 2.24) is 0 Å². The highest BCUT2D eigenvalue weighted by molar-refractivity contribution is 8.14. The van der Waals surface area contributed by atoms with Crippen molar-refractivity contribution >= 4 is 22.6 Å². The summed E-state index contributed by atoms with van der Waals surface area (Å²) in [6.07, 6.45) is 3.28. The summed E-state index contributed by atoms with van der Waals surface area (Å²) in [5.41, 5.74) is 0.537. The molecule has 0 saturated heterocycles. The molecule has 0 spiro atoms. The zero-order valence-corrected chi connectivity index (χ0v) is 10.5. The van der Waals surface area contributed by atoms with Crippen LogP contribution in [-0.4, -0.2) is 15.8 Å². The molecule has 0 radical (unpaired) electrons. The van der Waals surface area contributed by atoms with Gasteiger partial charge >= 0.3 is 0 Å². The van der Waals surface area contributed by atoms with Crippen molar-refractivity contribution in [3.63, 3.8) is 0 Å². The summed E-state index contributed by atoms with van der Waals surface area (Å²) in [7, 11) is 0. The molecule has 92 valence electrons. The first-order valence-corrected chi connectivity index (χ1v) is 6.55. The Morgan fingerprint density at radius 3 is 2.47 bits per heavy atom. The Morgan fingerprint density at radius 1 is 1.29 bits per heavy atom. The Kier molecular flexibility index (Phi) is 5.69. The molecule has 0 fully saturated rings. The average Bonchev–Trinajstić information content (AvgIpc) is 2.34. The Labute approximate surface area is 105 Å². The third-order valence-electron chi connectivity index (χ3n) is 2.29. The van der Waals surface area contributed by atoms with Gasteiger partial charge < -0.3 is 0 Å². The highest BCUT2D eigenvalue weighted by Gasteiger charge is 2.09. The van der Waals surface area contributed by atoms with Gasteiger partial charge in [0.05, 0.1) is 4.92 Å². The number of carbonyl (C=O) groups is 1. The number of thioether (sulfide) groups is 1. The van der Waals surface area contributed by atoms with Crippen LogP contribution < -0.4 is 0 Å². The van der Waals surface area contributed by atoms with Crippen LogP contribution in [0.4, 0.5) is 5.69 Å². The van der Waals surface area contributed by atoms with Gasteiger partial charge in [0.2, 0.25) is 5.12 Å². The maximum atomic E-state index is 11.7. The highest BCUT2D eigenvalue weighted by atomic mass is 32.2. The van der Waals surface area contributed by atoms with Crippen LogP contribution >= 0.6 is 11.8 Å². The van der Waals surface area contributed by atoms with Crippen LogP contribution in [0, 0.1) is 10.1 Å². The topological polar surface area (TPSA) is 60.2 Å². The number of hydrogen-bond donors (Lipinski definition) is 0. The molecule has 0 aliphatic heterocycles. The highest BCUT2D eigenvalue weighted by Crippen LogP contribution is 2.17. The van der Waals surface area contributed by atoms with Crippen LogP contribution in [0.5, 0.6) is 0 Å². The molecule has 0 unspecified atom stereocenters. The second kappa shape index (κ2) is 7.06. The van der Waals surface area contributed by atoms with E-state index in [1.54, 1.807) is 0 Å². The normalized spacial score (nSPS) is 10.2. The summed E-state index contributed by atoms with van der Waals surface area (Å²) < 4.78 is 0. The Bertz CT molecular complexity index is 389. The number of nitro groups is 1. The van der Waals surface area contributed by atoms with E-state index >= 15 is 0 Å². The van der Waals surface area contributed by atoms with Crippen LogP contribution in [0.15, 0.2) is 24.3 Å². The van der Waals surface area contributed by atoms with Gasteiger partial charge in [-0.1, -0.05) is 31.5 Å². The number of nitrogens with zero attached hydrogens (tertiary/aromatic N) is 1. The maximum Gasteiger partial charge on any atom is 0.269 e. The third-order valence-corrected chi connectivity index (χ3v) is 3.29. The number of benzene rings is 1. The molecule has 1 aromatic rings. The number of nitro benzene ring substituents is 1. The van der Waals surface area contributed by atoms with E-state index in [4.69, 9.17) is 0 Å². The monoisotopic (exact) mass is 253 g/mol. The molecule has 1 aromatic carbocycles. The molecule has 0 saturated carbocycles. The van der Waals surface area contributed by atoms with E-state index < -0.39 is 4.92 Å². The minimum Gasteiger partial charge on any atom is -0.282 e. The second-order valence-electron chi connectivity index (χ2n) is 3.65. The predicted octanol–water partition coefficient (Wildman–Crippen LogP) is 3.66. The van der Waals surface area contributed by atoms with Crippen molar-refractivity contribution < 1.29 is 9.72 Å². The Balaban J connectivity index is 2.49. The van der Waals surface area contributed by atoms with Gasteiger partial charge in [0.25, 0.3) is 5.69 Å². The molecule has 0 heterocycles. The standard InChI is InChI=1S/C12H15NO3S/c1-2-3-4-9-17-12(14)10-5-7-11(8-6-10)13(15)16/h5-8H,2-4,9H2,1H3. The van der Waals surface area contributed by atoms with Gasteiger partial charge in [-0.15, -0.1) is 0 Å². The molecular weight excluding hydrogens is 238 g/mol. The quantitative estimate of drug-likeness (QED) is 0.441. The molecule has 0 amide bonds. The Hall–Kier alpha value is -1.36. The fourth-order valence-electron chi connectivity index (χ4n) is 1.32. The van der Waals surface area contributed by atoms with Crippen molar-refractivity contribution in [2.75, 3.05) is 5.75 Å². The van der Waals surface area contributed by atoms with Crippen LogP contribution in [-0.2, 0) is 0 Å². The first-order chi connectivity index (χ1) is 8.15. The number of unbranched alkanes of at least 4 members (excludes halogenated alkanes) is 2. The molecular formula is C12H15NO3S. The number of hydrogen-bond acceptors (Lipinski definition) is 4. The lowest BCUT2D eigenvalue weighted by Gasteiger charge is -2.00. The van der Waals surface area contributed by atoms with Crippen LogP contribution in [0.25, 0.3) is 0 Å². The van der Waals surface area contributed by atoms with Gasteiger partial charge in [-0.05, 0) is 18.6 Å². The van der Waals surface area contributed by atoms with Gasteiger partial charge in [0, 0.05) is 23.4 Å². The van der Waals surface area contributed by atoms with E-state index in [0.717, 1.165) is 25.0 Å². The smallest absolute Gasteiger partial charge is 0.269 e. The largest absolute Gasteiger partial charge is 0.282 e. The fraction of sp³-hybridized carbons (Fsp3) is 0.417. The van der Waals surface area contributed by atoms with E-state index in [1.807, 2.05) is 0 Å². The van der Waals surface area contributed by atoms with E-state index in [-0.39, 0.29) is 10.8 Å². The van der Waals surface area contributed by atoms with Crippen molar-refractivity contribution in [1.29, 1.82) is 0 Å².